The first-order valence-corrected chi connectivity index (χ1v) is 7.70. The Bertz CT molecular complexity index is 416. The van der Waals surface area contributed by atoms with E-state index in [0.29, 0.717) is 13.0 Å². The van der Waals surface area contributed by atoms with Crippen molar-refractivity contribution in [1.29, 1.82) is 0 Å². The first-order chi connectivity index (χ1) is 9.62. The van der Waals surface area contributed by atoms with Crippen molar-refractivity contribution in [1.82, 2.24) is 10.2 Å². The average Bonchev–Trinajstić information content (AvgIpc) is 2.48. The zero-order chi connectivity index (χ0) is 16.2. The molecular formula is C16H28N2O3. The zero-order valence-corrected chi connectivity index (χ0v) is 13.9. The molecule has 1 heterocycles. The summed E-state index contributed by atoms with van der Waals surface area (Å²) in [5.41, 5.74) is 0.140. The molecule has 1 aliphatic rings. The largest absolute Gasteiger partial charge is 0.345 e. The summed E-state index contributed by atoms with van der Waals surface area (Å²) in [5.74, 6) is -0.233. The number of Topliss-reactive ketones (excluding diaryl/α,β-unsaturated/α-hetero) is 1. The second-order valence-electron chi connectivity index (χ2n) is 7.13. The van der Waals surface area contributed by atoms with E-state index in [0.717, 1.165) is 12.8 Å². The molecule has 21 heavy (non-hydrogen) atoms. The summed E-state index contributed by atoms with van der Waals surface area (Å²) >= 11 is 0. The molecular weight excluding hydrogens is 268 g/mol. The maximum Gasteiger partial charge on any atom is 0.240 e. The Balaban J connectivity index is 2.61. The smallest absolute Gasteiger partial charge is 0.240 e. The number of hydrogen-bond donors (Lipinski definition) is 1. The monoisotopic (exact) mass is 296 g/mol. The predicted octanol–water partition coefficient (Wildman–Crippen LogP) is 1.75. The predicted molar refractivity (Wildman–Crippen MR) is 81.7 cm³/mol. The van der Waals surface area contributed by atoms with Gasteiger partial charge in [-0.25, -0.2) is 0 Å². The van der Waals surface area contributed by atoms with Gasteiger partial charge in [-0.2, -0.15) is 0 Å². The van der Waals surface area contributed by atoms with Crippen molar-refractivity contribution in [2.45, 2.75) is 59.9 Å². The van der Waals surface area contributed by atoms with E-state index < -0.39 is 6.04 Å². The van der Waals surface area contributed by atoms with Gasteiger partial charge in [-0.3, -0.25) is 14.4 Å². The quantitative estimate of drug-likeness (QED) is 0.840. The molecule has 0 saturated carbocycles. The summed E-state index contributed by atoms with van der Waals surface area (Å²) in [5, 5.41) is 2.74. The second kappa shape index (κ2) is 7.05. The van der Waals surface area contributed by atoms with Crippen LogP contribution in [0, 0.1) is 11.3 Å². The van der Waals surface area contributed by atoms with Gasteiger partial charge in [0.05, 0.1) is 12.6 Å². The molecule has 1 aliphatic heterocycles. The second-order valence-corrected chi connectivity index (χ2v) is 7.13. The SMILES string of the molecule is CC(=O)C(NC(=O)CN1CCC(C)(C)CCC1=O)C(C)C. The fourth-order valence-corrected chi connectivity index (χ4v) is 2.59. The van der Waals surface area contributed by atoms with Gasteiger partial charge in [0.25, 0.3) is 0 Å². The van der Waals surface area contributed by atoms with Gasteiger partial charge >= 0.3 is 0 Å². The molecule has 0 aromatic rings. The lowest BCUT2D eigenvalue weighted by molar-refractivity contribution is -0.136. The summed E-state index contributed by atoms with van der Waals surface area (Å²) in [6.45, 7) is 10.2. The van der Waals surface area contributed by atoms with E-state index in [1.807, 2.05) is 13.8 Å². The number of carbonyl (C=O) groups is 3. The van der Waals surface area contributed by atoms with Gasteiger partial charge in [-0.05, 0) is 31.1 Å². The van der Waals surface area contributed by atoms with Crippen molar-refractivity contribution in [3.8, 4) is 0 Å². The van der Waals surface area contributed by atoms with Crippen LogP contribution in [0.3, 0.4) is 0 Å². The lowest BCUT2D eigenvalue weighted by Crippen LogP contribution is -2.48. The van der Waals surface area contributed by atoms with Gasteiger partial charge in [-0.1, -0.05) is 27.7 Å². The molecule has 1 atom stereocenters. The summed E-state index contributed by atoms with van der Waals surface area (Å²) < 4.78 is 0. The van der Waals surface area contributed by atoms with Crippen molar-refractivity contribution in [3.63, 3.8) is 0 Å². The number of nitrogens with one attached hydrogen (secondary N) is 1. The van der Waals surface area contributed by atoms with E-state index in [1.165, 1.54) is 6.92 Å². The summed E-state index contributed by atoms with van der Waals surface area (Å²) in [4.78, 5) is 37.3. The number of rotatable bonds is 5. The molecule has 120 valence electrons. The minimum atomic E-state index is -0.476. The minimum Gasteiger partial charge on any atom is -0.345 e. The highest BCUT2D eigenvalue weighted by Gasteiger charge is 2.29. The molecule has 0 aromatic heterocycles. The Morgan fingerprint density at radius 2 is 1.90 bits per heavy atom. The van der Waals surface area contributed by atoms with Crippen molar-refractivity contribution < 1.29 is 14.4 Å². The first-order valence-electron chi connectivity index (χ1n) is 7.70. The third-order valence-corrected chi connectivity index (χ3v) is 4.18. The molecule has 0 aromatic carbocycles. The molecule has 0 spiro atoms. The van der Waals surface area contributed by atoms with E-state index in [1.54, 1.807) is 4.90 Å². The van der Waals surface area contributed by atoms with Crippen LogP contribution in [0.15, 0.2) is 0 Å². The Kier molecular flexibility index (Phi) is 5.93. The summed E-state index contributed by atoms with van der Waals surface area (Å²) in [6.07, 6.45) is 2.24. The molecule has 5 nitrogen and oxygen atoms in total. The van der Waals surface area contributed by atoms with Gasteiger partial charge in [0.2, 0.25) is 11.8 Å². The van der Waals surface area contributed by atoms with Crippen LogP contribution in [0.1, 0.15) is 53.9 Å². The molecule has 0 bridgehead atoms. The number of nitrogens with zero attached hydrogens (tertiary/aromatic N) is 1. The Morgan fingerprint density at radius 3 is 2.43 bits per heavy atom. The van der Waals surface area contributed by atoms with E-state index in [9.17, 15) is 14.4 Å². The molecule has 1 fully saturated rings. The van der Waals surface area contributed by atoms with Crippen LogP contribution in [-0.4, -0.2) is 41.6 Å². The Labute approximate surface area is 127 Å². The van der Waals surface area contributed by atoms with Crippen molar-refractivity contribution in [3.05, 3.63) is 0 Å². The van der Waals surface area contributed by atoms with Gasteiger partial charge < -0.3 is 10.2 Å². The lowest BCUT2D eigenvalue weighted by atomic mass is 9.85. The van der Waals surface area contributed by atoms with E-state index in [-0.39, 0.29) is 35.5 Å². The molecule has 1 unspecified atom stereocenters. The highest BCUT2D eigenvalue weighted by atomic mass is 16.2. The molecule has 2 amide bonds. The zero-order valence-electron chi connectivity index (χ0n) is 13.9. The van der Waals surface area contributed by atoms with Crippen LogP contribution in [0.5, 0.6) is 0 Å². The third kappa shape index (κ3) is 5.48. The Morgan fingerprint density at radius 1 is 1.29 bits per heavy atom. The van der Waals surface area contributed by atoms with E-state index in [4.69, 9.17) is 0 Å². The molecule has 0 radical (unpaired) electrons. The highest BCUT2D eigenvalue weighted by molar-refractivity contribution is 5.90. The highest BCUT2D eigenvalue weighted by Crippen LogP contribution is 2.30. The topological polar surface area (TPSA) is 66.5 Å². The van der Waals surface area contributed by atoms with Crippen LogP contribution in [0.25, 0.3) is 0 Å². The fraction of sp³-hybridized carbons (Fsp3) is 0.812. The summed E-state index contributed by atoms with van der Waals surface area (Å²) in [6, 6.07) is -0.476. The Hall–Kier alpha value is -1.39. The average molecular weight is 296 g/mol. The maximum absolute atomic E-state index is 12.1. The molecule has 1 saturated heterocycles. The van der Waals surface area contributed by atoms with Crippen LogP contribution < -0.4 is 5.32 Å². The van der Waals surface area contributed by atoms with Crippen LogP contribution in [-0.2, 0) is 14.4 Å². The fourth-order valence-electron chi connectivity index (χ4n) is 2.59. The lowest BCUT2D eigenvalue weighted by Gasteiger charge is -2.25. The van der Waals surface area contributed by atoms with Crippen molar-refractivity contribution in [2.75, 3.05) is 13.1 Å². The first kappa shape index (κ1) is 17.7. The van der Waals surface area contributed by atoms with E-state index in [2.05, 4.69) is 19.2 Å². The van der Waals surface area contributed by atoms with Gasteiger partial charge in [0, 0.05) is 13.0 Å². The standard InChI is InChI=1S/C16H28N2O3/c1-11(2)15(12(3)19)17-13(20)10-18-9-8-16(4,5)7-6-14(18)21/h11,15H,6-10H2,1-5H3,(H,17,20). The number of ketones is 1. The van der Waals surface area contributed by atoms with Crippen LogP contribution in [0.4, 0.5) is 0 Å². The van der Waals surface area contributed by atoms with Gasteiger partial charge in [0.1, 0.15) is 0 Å². The molecule has 1 rings (SSSR count). The van der Waals surface area contributed by atoms with Gasteiger partial charge in [-0.15, -0.1) is 0 Å². The number of hydrogen-bond acceptors (Lipinski definition) is 3. The minimum absolute atomic E-state index is 0.0275. The van der Waals surface area contributed by atoms with Crippen molar-refractivity contribution in [2.24, 2.45) is 11.3 Å². The number of carbonyl (C=O) groups excluding carboxylic acids is 3. The summed E-state index contributed by atoms with van der Waals surface area (Å²) in [7, 11) is 0. The molecule has 0 aliphatic carbocycles. The van der Waals surface area contributed by atoms with Crippen LogP contribution >= 0.6 is 0 Å². The van der Waals surface area contributed by atoms with E-state index >= 15 is 0 Å². The van der Waals surface area contributed by atoms with Crippen molar-refractivity contribution >= 4 is 17.6 Å². The maximum atomic E-state index is 12.1. The normalized spacial score (nSPS) is 20.1. The number of likely N-dealkylation sites (tertiary alicyclic amines) is 1. The molecule has 1 N–H and O–H groups in total. The number of amides is 2. The van der Waals surface area contributed by atoms with Crippen LogP contribution in [0.2, 0.25) is 0 Å². The van der Waals surface area contributed by atoms with Gasteiger partial charge in [0.15, 0.2) is 5.78 Å². The molecule has 5 heteroatoms. The third-order valence-electron chi connectivity index (χ3n) is 4.18.